The summed E-state index contributed by atoms with van der Waals surface area (Å²) in [4.78, 5) is 20.8. The highest BCUT2D eigenvalue weighted by Gasteiger charge is 2.38. The Labute approximate surface area is 207 Å². The molecule has 1 aromatic heterocycles. The fourth-order valence-electron chi connectivity index (χ4n) is 4.29. The molecular weight excluding hydrogens is 476 g/mol. The highest BCUT2D eigenvalue weighted by atomic mass is 19.4. The van der Waals surface area contributed by atoms with Crippen molar-refractivity contribution in [3.8, 4) is 0 Å². The van der Waals surface area contributed by atoms with Crippen LogP contribution in [0.2, 0.25) is 0 Å². The normalized spacial score (nSPS) is 13.5. The molecule has 0 bridgehead atoms. The number of alkyl halides is 3. The molecule has 1 unspecified atom stereocenters. The molecule has 10 heteroatoms. The van der Waals surface area contributed by atoms with Crippen molar-refractivity contribution >= 4 is 23.4 Å². The first-order valence-corrected chi connectivity index (χ1v) is 11.3. The Bertz CT molecular complexity index is 1240. The number of carboxylic acid groups (broad SMARTS) is 1. The van der Waals surface area contributed by atoms with Crippen LogP contribution in [0.4, 0.5) is 35.0 Å². The summed E-state index contributed by atoms with van der Waals surface area (Å²) < 4.78 is 45.1. The number of anilines is 3. The zero-order chi connectivity index (χ0) is 26.8. The second-order valence-electron chi connectivity index (χ2n) is 8.81. The number of nitrogens with zero attached hydrogens (tertiary/aromatic N) is 3. The largest absolute Gasteiger partial charge is 0.490 e. The molecule has 2 aromatic carbocycles. The van der Waals surface area contributed by atoms with Gasteiger partial charge in [-0.1, -0.05) is 29.8 Å². The topological polar surface area (TPSA) is 78.4 Å². The number of rotatable bonds is 4. The highest BCUT2D eigenvalue weighted by Crippen LogP contribution is 2.36. The van der Waals surface area contributed by atoms with E-state index in [1.165, 1.54) is 34.4 Å². The summed E-state index contributed by atoms with van der Waals surface area (Å²) >= 11 is 0. The number of aliphatic carboxylic acids is 1. The molecule has 6 nitrogen and oxygen atoms in total. The molecule has 1 atom stereocenters. The molecule has 0 amide bonds. The fourth-order valence-corrected chi connectivity index (χ4v) is 4.29. The zero-order valence-corrected chi connectivity index (χ0v) is 20.7. The van der Waals surface area contributed by atoms with Crippen molar-refractivity contribution in [2.45, 2.75) is 53.3 Å². The first-order chi connectivity index (χ1) is 16.8. The molecule has 0 saturated heterocycles. The van der Waals surface area contributed by atoms with E-state index >= 15 is 0 Å². The Hall–Kier alpha value is -3.69. The molecule has 0 saturated carbocycles. The minimum Gasteiger partial charge on any atom is -0.475 e. The smallest absolute Gasteiger partial charge is 0.475 e. The van der Waals surface area contributed by atoms with Gasteiger partial charge in [0.1, 0.15) is 11.6 Å². The van der Waals surface area contributed by atoms with Crippen molar-refractivity contribution in [3.63, 3.8) is 0 Å². The predicted octanol–water partition coefficient (Wildman–Crippen LogP) is 6.35. The van der Waals surface area contributed by atoms with Gasteiger partial charge in [0.15, 0.2) is 0 Å². The lowest BCUT2D eigenvalue weighted by atomic mass is 10.1. The summed E-state index contributed by atoms with van der Waals surface area (Å²) in [6, 6.07) is 11.2. The van der Waals surface area contributed by atoms with Crippen LogP contribution in [0.3, 0.4) is 0 Å². The number of hydrogen-bond donors (Lipinski definition) is 2. The lowest BCUT2D eigenvalue weighted by Gasteiger charge is -2.27. The van der Waals surface area contributed by atoms with Gasteiger partial charge in [0, 0.05) is 23.5 Å². The summed E-state index contributed by atoms with van der Waals surface area (Å²) in [7, 11) is 0. The lowest BCUT2D eigenvalue weighted by Crippen LogP contribution is -2.25. The van der Waals surface area contributed by atoms with Crippen molar-refractivity contribution in [1.29, 1.82) is 0 Å². The number of carbonyl (C=O) groups is 1. The number of hydrogen-bond acceptors (Lipinski definition) is 5. The second kappa shape index (κ2) is 10.5. The molecule has 192 valence electrons. The minimum atomic E-state index is -5.08. The molecule has 36 heavy (non-hydrogen) atoms. The fraction of sp³-hybridized carbons (Fsp3) is 0.346. The highest BCUT2D eigenvalue weighted by molar-refractivity contribution is 5.73. The third kappa shape index (κ3) is 6.10. The number of aromatic nitrogens is 2. The van der Waals surface area contributed by atoms with Crippen LogP contribution in [0.15, 0.2) is 36.4 Å². The van der Waals surface area contributed by atoms with Gasteiger partial charge >= 0.3 is 12.1 Å². The number of aryl methyl sites for hydroxylation is 4. The molecule has 0 spiro atoms. The molecule has 2 N–H and O–H groups in total. The summed E-state index contributed by atoms with van der Waals surface area (Å²) in [6.07, 6.45) is -4.16. The van der Waals surface area contributed by atoms with Crippen molar-refractivity contribution < 1.29 is 27.5 Å². The van der Waals surface area contributed by atoms with Crippen LogP contribution < -0.4 is 10.2 Å². The van der Waals surface area contributed by atoms with Gasteiger partial charge in [0.25, 0.3) is 0 Å². The molecule has 3 aromatic rings. The van der Waals surface area contributed by atoms with Gasteiger partial charge in [-0.25, -0.2) is 14.2 Å². The molecule has 4 rings (SSSR count). The Morgan fingerprint density at radius 1 is 1.06 bits per heavy atom. The quantitative estimate of drug-likeness (QED) is 0.403. The van der Waals surface area contributed by atoms with E-state index in [-0.39, 0.29) is 11.9 Å². The average Bonchev–Trinajstić information content (AvgIpc) is 3.20. The van der Waals surface area contributed by atoms with E-state index in [0.717, 1.165) is 35.7 Å². The van der Waals surface area contributed by atoms with Crippen LogP contribution in [-0.4, -0.2) is 33.8 Å². The van der Waals surface area contributed by atoms with Gasteiger partial charge in [0.05, 0.1) is 6.04 Å². The van der Waals surface area contributed by atoms with Crippen molar-refractivity contribution in [2.24, 2.45) is 0 Å². The van der Waals surface area contributed by atoms with Gasteiger partial charge in [-0.2, -0.15) is 18.2 Å². The van der Waals surface area contributed by atoms with E-state index in [0.29, 0.717) is 5.95 Å². The number of carboxylic acids is 1. The van der Waals surface area contributed by atoms with E-state index in [1.807, 2.05) is 19.1 Å². The molecule has 0 fully saturated rings. The van der Waals surface area contributed by atoms with Crippen LogP contribution in [0, 0.1) is 33.5 Å². The molecule has 1 aliphatic rings. The Balaban J connectivity index is 0.000000454. The third-order valence-electron chi connectivity index (χ3n) is 6.04. The van der Waals surface area contributed by atoms with Crippen molar-refractivity contribution in [2.75, 3.05) is 16.8 Å². The average molecular weight is 505 g/mol. The van der Waals surface area contributed by atoms with Crippen LogP contribution in [0.1, 0.15) is 46.5 Å². The summed E-state index contributed by atoms with van der Waals surface area (Å²) in [6.45, 7) is 11.4. The molecular formula is C26H28F4N4O2. The zero-order valence-electron chi connectivity index (χ0n) is 20.7. The monoisotopic (exact) mass is 504 g/mol. The maximum Gasteiger partial charge on any atom is 0.490 e. The number of fused-ring (bicyclic) bond motifs is 1. The first-order valence-electron chi connectivity index (χ1n) is 11.3. The summed E-state index contributed by atoms with van der Waals surface area (Å²) in [5.41, 5.74) is 7.95. The van der Waals surface area contributed by atoms with Gasteiger partial charge in [-0.15, -0.1) is 0 Å². The molecule has 0 aliphatic carbocycles. The number of nitrogens with one attached hydrogen (secondary N) is 1. The van der Waals surface area contributed by atoms with E-state index < -0.39 is 12.1 Å². The van der Waals surface area contributed by atoms with Crippen LogP contribution in [-0.2, 0) is 11.2 Å². The van der Waals surface area contributed by atoms with Crippen molar-refractivity contribution in [3.05, 3.63) is 75.7 Å². The van der Waals surface area contributed by atoms with Crippen LogP contribution in [0.5, 0.6) is 0 Å². The number of benzene rings is 2. The summed E-state index contributed by atoms with van der Waals surface area (Å²) in [5, 5.41) is 10.6. The van der Waals surface area contributed by atoms with Gasteiger partial charge in [-0.3, -0.25) is 0 Å². The van der Waals surface area contributed by atoms with Crippen molar-refractivity contribution in [1.82, 2.24) is 9.97 Å². The van der Waals surface area contributed by atoms with E-state index in [2.05, 4.69) is 50.0 Å². The molecule has 1 aliphatic heterocycles. The maximum absolute atomic E-state index is 13.3. The van der Waals surface area contributed by atoms with Crippen LogP contribution in [0.25, 0.3) is 0 Å². The van der Waals surface area contributed by atoms with E-state index in [9.17, 15) is 17.6 Å². The predicted molar refractivity (Wildman–Crippen MR) is 130 cm³/mol. The first kappa shape index (κ1) is 26.9. The Kier molecular flexibility index (Phi) is 7.86. The van der Waals surface area contributed by atoms with Gasteiger partial charge in [-0.05, 0) is 69.9 Å². The molecule has 2 heterocycles. The maximum atomic E-state index is 13.3. The van der Waals surface area contributed by atoms with E-state index in [4.69, 9.17) is 19.9 Å². The Morgan fingerprint density at radius 3 is 2.14 bits per heavy atom. The Morgan fingerprint density at radius 2 is 1.61 bits per heavy atom. The second-order valence-corrected chi connectivity index (χ2v) is 8.81. The molecule has 0 radical (unpaired) electrons. The number of halogens is 4. The van der Waals surface area contributed by atoms with Crippen LogP contribution >= 0.6 is 0 Å². The SMILES string of the molecule is Cc1cc(C)c(Nc2nc(C)c3c(n2)N(C(C)c2ccc(F)cc2)CC3)c(C)c1.O=C(O)C(F)(F)F. The standard InChI is InChI=1S/C24H27FN4.C2HF3O2/c1-14-12-15(2)22(16(3)13-14)27-24-26-17(4)21-10-11-29(23(21)28-24)18(5)19-6-8-20(25)9-7-19;3-2(4,5)1(6)7/h6-9,12-13,18H,10-11H2,1-5H3,(H,26,27,28);(H,6,7). The minimum absolute atomic E-state index is 0.113. The third-order valence-corrected chi connectivity index (χ3v) is 6.04. The lowest BCUT2D eigenvalue weighted by molar-refractivity contribution is -0.192. The van der Waals surface area contributed by atoms with Gasteiger partial charge in [0.2, 0.25) is 5.95 Å². The van der Waals surface area contributed by atoms with Gasteiger partial charge < -0.3 is 15.3 Å². The summed E-state index contributed by atoms with van der Waals surface area (Å²) in [5.74, 6) is -1.38. The van der Waals surface area contributed by atoms with E-state index in [1.54, 1.807) is 0 Å².